The second-order valence-corrected chi connectivity index (χ2v) is 4.59. The average Bonchev–Trinajstić information content (AvgIpc) is 2.69. The molecular weight excluding hydrogens is 236 g/mol. The normalized spacial score (nSPS) is 10.6. The summed E-state index contributed by atoms with van der Waals surface area (Å²) >= 11 is 6.10. The maximum atomic E-state index is 12.2. The average molecular weight is 249 g/mol. The number of ketones is 1. The molecule has 0 aliphatic carbocycles. The van der Waals surface area contributed by atoms with Crippen molar-refractivity contribution in [2.45, 2.75) is 20.8 Å². The van der Waals surface area contributed by atoms with E-state index in [0.29, 0.717) is 16.3 Å². The SMILES string of the molecule is Cc1cc(Cl)c(C(=O)c2occc2C)cc1C. The molecule has 2 nitrogen and oxygen atoms in total. The van der Waals surface area contributed by atoms with Crippen molar-refractivity contribution < 1.29 is 9.21 Å². The molecule has 0 spiro atoms. The van der Waals surface area contributed by atoms with E-state index in [2.05, 4.69) is 0 Å². The number of hydrogen-bond acceptors (Lipinski definition) is 2. The molecule has 0 aliphatic heterocycles. The summed E-state index contributed by atoms with van der Waals surface area (Å²) in [7, 11) is 0. The summed E-state index contributed by atoms with van der Waals surface area (Å²) in [5.74, 6) is 0.191. The zero-order valence-electron chi connectivity index (χ0n) is 10.0. The Morgan fingerprint density at radius 1 is 1.12 bits per heavy atom. The molecule has 1 heterocycles. The number of benzene rings is 1. The van der Waals surface area contributed by atoms with Gasteiger partial charge < -0.3 is 4.42 Å². The van der Waals surface area contributed by atoms with Gasteiger partial charge in [0.1, 0.15) is 0 Å². The first-order valence-corrected chi connectivity index (χ1v) is 5.74. The third-order valence-electron chi connectivity index (χ3n) is 2.90. The van der Waals surface area contributed by atoms with Crippen molar-refractivity contribution in [3.63, 3.8) is 0 Å². The van der Waals surface area contributed by atoms with E-state index in [0.717, 1.165) is 16.7 Å². The smallest absolute Gasteiger partial charge is 0.229 e. The molecule has 2 aromatic rings. The fourth-order valence-corrected chi connectivity index (χ4v) is 1.99. The predicted octanol–water partition coefficient (Wildman–Crippen LogP) is 4.09. The minimum Gasteiger partial charge on any atom is -0.461 e. The van der Waals surface area contributed by atoms with Crippen molar-refractivity contribution >= 4 is 17.4 Å². The minimum atomic E-state index is -0.166. The Bertz CT molecular complexity index is 582. The van der Waals surface area contributed by atoms with Crippen molar-refractivity contribution in [3.8, 4) is 0 Å². The number of hydrogen-bond donors (Lipinski definition) is 0. The Balaban J connectivity index is 2.52. The van der Waals surface area contributed by atoms with Crippen LogP contribution in [0.1, 0.15) is 32.8 Å². The van der Waals surface area contributed by atoms with Gasteiger partial charge in [0.25, 0.3) is 0 Å². The van der Waals surface area contributed by atoms with E-state index in [-0.39, 0.29) is 5.78 Å². The van der Waals surface area contributed by atoms with Gasteiger partial charge in [0.2, 0.25) is 5.78 Å². The van der Waals surface area contributed by atoms with E-state index in [1.54, 1.807) is 6.07 Å². The quantitative estimate of drug-likeness (QED) is 0.750. The zero-order chi connectivity index (χ0) is 12.6. The second kappa shape index (κ2) is 4.38. The summed E-state index contributed by atoms with van der Waals surface area (Å²) < 4.78 is 5.20. The number of rotatable bonds is 2. The summed E-state index contributed by atoms with van der Waals surface area (Å²) in [5, 5.41) is 0.467. The molecule has 2 rings (SSSR count). The molecule has 88 valence electrons. The van der Waals surface area contributed by atoms with E-state index in [9.17, 15) is 4.79 Å². The van der Waals surface area contributed by atoms with E-state index < -0.39 is 0 Å². The van der Waals surface area contributed by atoms with Crippen molar-refractivity contribution in [2.24, 2.45) is 0 Å². The van der Waals surface area contributed by atoms with Crippen molar-refractivity contribution in [1.82, 2.24) is 0 Å². The highest BCUT2D eigenvalue weighted by Gasteiger charge is 2.18. The van der Waals surface area contributed by atoms with Crippen LogP contribution in [0.5, 0.6) is 0 Å². The van der Waals surface area contributed by atoms with Gasteiger partial charge in [-0.1, -0.05) is 11.6 Å². The second-order valence-electron chi connectivity index (χ2n) is 4.18. The lowest BCUT2D eigenvalue weighted by atomic mass is 10.0. The van der Waals surface area contributed by atoms with Crippen molar-refractivity contribution in [3.05, 3.63) is 57.5 Å². The molecule has 0 atom stereocenters. The molecule has 0 saturated heterocycles. The van der Waals surface area contributed by atoms with E-state index in [1.807, 2.05) is 32.9 Å². The van der Waals surface area contributed by atoms with E-state index in [1.165, 1.54) is 6.26 Å². The Morgan fingerprint density at radius 3 is 2.35 bits per heavy atom. The van der Waals surface area contributed by atoms with Crippen LogP contribution in [0.25, 0.3) is 0 Å². The van der Waals surface area contributed by atoms with E-state index in [4.69, 9.17) is 16.0 Å². The summed E-state index contributed by atoms with van der Waals surface area (Å²) in [6, 6.07) is 5.38. The van der Waals surface area contributed by atoms with Crippen LogP contribution in [0.3, 0.4) is 0 Å². The van der Waals surface area contributed by atoms with Gasteiger partial charge in [0, 0.05) is 5.56 Å². The largest absolute Gasteiger partial charge is 0.461 e. The van der Waals surface area contributed by atoms with Crippen LogP contribution in [0.15, 0.2) is 28.9 Å². The van der Waals surface area contributed by atoms with Crippen LogP contribution in [0.4, 0.5) is 0 Å². The predicted molar refractivity (Wildman–Crippen MR) is 67.8 cm³/mol. The minimum absolute atomic E-state index is 0.166. The van der Waals surface area contributed by atoms with Crippen LogP contribution >= 0.6 is 11.6 Å². The molecule has 0 radical (unpaired) electrons. The molecule has 3 heteroatoms. The summed E-state index contributed by atoms with van der Waals surface area (Å²) in [6.07, 6.45) is 1.51. The summed E-state index contributed by atoms with van der Waals surface area (Å²) in [5.41, 5.74) is 3.43. The number of furan rings is 1. The summed E-state index contributed by atoms with van der Waals surface area (Å²) in [4.78, 5) is 12.2. The molecular formula is C14H13ClO2. The van der Waals surface area contributed by atoms with Gasteiger partial charge in [-0.3, -0.25) is 4.79 Å². The molecule has 0 N–H and O–H groups in total. The first kappa shape index (κ1) is 11.9. The molecule has 1 aromatic heterocycles. The number of carbonyl (C=O) groups is 1. The van der Waals surface area contributed by atoms with Crippen LogP contribution < -0.4 is 0 Å². The van der Waals surface area contributed by atoms with Gasteiger partial charge in [0.05, 0.1) is 11.3 Å². The molecule has 0 unspecified atom stereocenters. The molecule has 0 bridgehead atoms. The van der Waals surface area contributed by atoms with Gasteiger partial charge in [-0.25, -0.2) is 0 Å². The Hall–Kier alpha value is -1.54. The number of halogens is 1. The van der Waals surface area contributed by atoms with Crippen LogP contribution in [0, 0.1) is 20.8 Å². The third-order valence-corrected chi connectivity index (χ3v) is 3.21. The Morgan fingerprint density at radius 2 is 1.76 bits per heavy atom. The maximum Gasteiger partial charge on any atom is 0.229 e. The maximum absolute atomic E-state index is 12.2. The molecule has 0 fully saturated rings. The van der Waals surface area contributed by atoms with Gasteiger partial charge in [-0.05, 0) is 55.7 Å². The third kappa shape index (κ3) is 2.13. The number of carbonyl (C=O) groups excluding carboxylic acids is 1. The lowest BCUT2D eigenvalue weighted by Gasteiger charge is -2.06. The Labute approximate surface area is 105 Å². The monoisotopic (exact) mass is 248 g/mol. The molecule has 0 aliphatic rings. The standard InChI is InChI=1S/C14H13ClO2/c1-8-4-5-17-14(8)13(16)11-6-9(2)10(3)7-12(11)15/h4-7H,1-3H3. The first-order valence-electron chi connectivity index (χ1n) is 5.36. The highest BCUT2D eigenvalue weighted by Crippen LogP contribution is 2.24. The van der Waals surface area contributed by atoms with Gasteiger partial charge in [-0.2, -0.15) is 0 Å². The topological polar surface area (TPSA) is 30.2 Å². The fourth-order valence-electron chi connectivity index (χ4n) is 1.68. The van der Waals surface area contributed by atoms with Crippen molar-refractivity contribution in [2.75, 3.05) is 0 Å². The fraction of sp³-hybridized carbons (Fsp3) is 0.214. The van der Waals surface area contributed by atoms with Crippen LogP contribution in [-0.4, -0.2) is 5.78 Å². The van der Waals surface area contributed by atoms with Gasteiger partial charge >= 0.3 is 0 Å². The number of aryl methyl sites for hydroxylation is 3. The van der Waals surface area contributed by atoms with Crippen molar-refractivity contribution in [1.29, 1.82) is 0 Å². The highest BCUT2D eigenvalue weighted by atomic mass is 35.5. The van der Waals surface area contributed by atoms with Crippen LogP contribution in [0.2, 0.25) is 5.02 Å². The lowest BCUT2D eigenvalue weighted by Crippen LogP contribution is -2.03. The van der Waals surface area contributed by atoms with E-state index >= 15 is 0 Å². The molecule has 17 heavy (non-hydrogen) atoms. The lowest BCUT2D eigenvalue weighted by molar-refractivity contribution is 0.101. The molecule has 1 aromatic carbocycles. The Kier molecular flexibility index (Phi) is 3.07. The molecule has 0 amide bonds. The van der Waals surface area contributed by atoms with Gasteiger partial charge in [0.15, 0.2) is 5.76 Å². The zero-order valence-corrected chi connectivity index (χ0v) is 10.8. The van der Waals surface area contributed by atoms with Crippen LogP contribution in [-0.2, 0) is 0 Å². The van der Waals surface area contributed by atoms with Gasteiger partial charge in [-0.15, -0.1) is 0 Å². The first-order chi connectivity index (χ1) is 8.00. The summed E-state index contributed by atoms with van der Waals surface area (Å²) in [6.45, 7) is 5.76. The highest BCUT2D eigenvalue weighted by molar-refractivity contribution is 6.35. The molecule has 0 saturated carbocycles.